The molecule has 0 radical (unpaired) electrons. The minimum atomic E-state index is -0.604. The largest absolute Gasteiger partial charge is 0.394 e. The van der Waals surface area contributed by atoms with E-state index in [1.807, 2.05) is 6.92 Å². The molecule has 0 rings (SSSR count). The van der Waals surface area contributed by atoms with E-state index in [9.17, 15) is 0 Å². The molecule has 11 heavy (non-hydrogen) atoms. The molecule has 0 spiro atoms. The second-order valence-corrected chi connectivity index (χ2v) is 3.05. The van der Waals surface area contributed by atoms with Gasteiger partial charge in [-0.15, -0.1) is 6.58 Å². The normalized spacial score (nSPS) is 14.5. The van der Waals surface area contributed by atoms with Crippen LogP contribution in [-0.2, 0) is 0 Å². The maximum Gasteiger partial charge on any atom is 0.0633 e. The third-order valence-corrected chi connectivity index (χ3v) is 1.63. The van der Waals surface area contributed by atoms with E-state index < -0.39 is 5.54 Å². The Morgan fingerprint density at radius 3 is 2.27 bits per heavy atom. The van der Waals surface area contributed by atoms with Gasteiger partial charge < -0.3 is 15.5 Å². The van der Waals surface area contributed by atoms with Crippen LogP contribution in [0.1, 0.15) is 13.8 Å². The van der Waals surface area contributed by atoms with Crippen molar-refractivity contribution in [3.05, 3.63) is 12.7 Å². The van der Waals surface area contributed by atoms with Gasteiger partial charge in [-0.05, 0) is 13.8 Å². The lowest BCUT2D eigenvalue weighted by molar-refractivity contribution is 0.100. The van der Waals surface area contributed by atoms with Gasteiger partial charge in [-0.2, -0.15) is 0 Å². The van der Waals surface area contributed by atoms with Crippen LogP contribution in [0.15, 0.2) is 12.7 Å². The van der Waals surface area contributed by atoms with E-state index in [0.717, 1.165) is 0 Å². The molecular weight excluding hydrogens is 142 g/mol. The minimum Gasteiger partial charge on any atom is -0.394 e. The predicted molar refractivity (Wildman–Crippen MR) is 45.4 cm³/mol. The summed E-state index contributed by atoms with van der Waals surface area (Å²) in [6.07, 6.45) is 1.73. The third kappa shape index (κ3) is 3.51. The maximum atomic E-state index is 8.87. The second kappa shape index (κ2) is 4.49. The van der Waals surface area contributed by atoms with Crippen LogP contribution < -0.4 is 5.32 Å². The number of hydrogen-bond acceptors (Lipinski definition) is 3. The van der Waals surface area contributed by atoms with Gasteiger partial charge in [0.2, 0.25) is 0 Å². The molecule has 1 atom stereocenters. The van der Waals surface area contributed by atoms with E-state index in [1.165, 1.54) is 0 Å². The second-order valence-electron chi connectivity index (χ2n) is 3.05. The van der Waals surface area contributed by atoms with E-state index in [-0.39, 0.29) is 19.3 Å². The highest BCUT2D eigenvalue weighted by molar-refractivity contribution is 4.90. The molecule has 0 amide bonds. The molecule has 3 nitrogen and oxygen atoms in total. The van der Waals surface area contributed by atoms with Crippen LogP contribution in [-0.4, -0.2) is 35.0 Å². The summed E-state index contributed by atoms with van der Waals surface area (Å²) < 4.78 is 0. The monoisotopic (exact) mass is 159 g/mol. The quantitative estimate of drug-likeness (QED) is 0.491. The summed E-state index contributed by atoms with van der Waals surface area (Å²) in [5.41, 5.74) is -0.604. The van der Waals surface area contributed by atoms with Gasteiger partial charge in [0, 0.05) is 6.04 Å². The summed E-state index contributed by atoms with van der Waals surface area (Å²) in [6.45, 7) is 7.09. The topological polar surface area (TPSA) is 52.5 Å². The average Bonchev–Trinajstić information content (AvgIpc) is 2.04. The lowest BCUT2D eigenvalue weighted by atomic mass is 10.0. The van der Waals surface area contributed by atoms with Gasteiger partial charge in [0.15, 0.2) is 0 Å². The molecule has 0 aromatic rings. The molecule has 0 fully saturated rings. The molecule has 0 saturated carbocycles. The zero-order chi connectivity index (χ0) is 8.91. The van der Waals surface area contributed by atoms with Crippen LogP contribution in [0.25, 0.3) is 0 Å². The van der Waals surface area contributed by atoms with Crippen molar-refractivity contribution in [1.82, 2.24) is 5.32 Å². The van der Waals surface area contributed by atoms with Gasteiger partial charge in [-0.3, -0.25) is 0 Å². The summed E-state index contributed by atoms with van der Waals surface area (Å²) in [5.74, 6) is 0. The molecule has 0 aliphatic carbocycles. The van der Waals surface area contributed by atoms with Crippen LogP contribution in [0.2, 0.25) is 0 Å². The Labute approximate surface area is 67.7 Å². The van der Waals surface area contributed by atoms with Gasteiger partial charge in [0.05, 0.1) is 18.8 Å². The molecule has 0 aromatic heterocycles. The highest BCUT2D eigenvalue weighted by Crippen LogP contribution is 2.02. The summed E-state index contributed by atoms with van der Waals surface area (Å²) in [7, 11) is 0. The molecular formula is C8H17NO2. The van der Waals surface area contributed by atoms with E-state index in [2.05, 4.69) is 11.9 Å². The van der Waals surface area contributed by atoms with Gasteiger partial charge in [-0.25, -0.2) is 0 Å². The molecule has 0 heterocycles. The maximum absolute atomic E-state index is 8.87. The molecule has 3 heteroatoms. The lowest BCUT2D eigenvalue weighted by Crippen LogP contribution is -2.52. The Hall–Kier alpha value is -0.380. The standard InChI is InChI=1S/C8H17NO2/c1-4-7(2)9-8(3,5-10)6-11/h4,7,9-11H,1,5-6H2,2-3H3. The van der Waals surface area contributed by atoms with Gasteiger partial charge in [0.25, 0.3) is 0 Å². The summed E-state index contributed by atoms with van der Waals surface area (Å²) >= 11 is 0. The van der Waals surface area contributed by atoms with Crippen molar-refractivity contribution in [1.29, 1.82) is 0 Å². The Bertz CT molecular complexity index is 121. The number of nitrogens with one attached hydrogen (secondary N) is 1. The third-order valence-electron chi connectivity index (χ3n) is 1.63. The van der Waals surface area contributed by atoms with Crippen molar-refractivity contribution in [2.24, 2.45) is 0 Å². The molecule has 0 aliphatic heterocycles. The van der Waals surface area contributed by atoms with Crippen molar-refractivity contribution in [2.45, 2.75) is 25.4 Å². The van der Waals surface area contributed by atoms with Gasteiger partial charge in [0.1, 0.15) is 0 Å². The Morgan fingerprint density at radius 2 is 2.00 bits per heavy atom. The smallest absolute Gasteiger partial charge is 0.0633 e. The average molecular weight is 159 g/mol. The number of hydrogen-bond donors (Lipinski definition) is 3. The molecule has 0 bridgehead atoms. The predicted octanol–water partition coefficient (Wildman–Crippen LogP) is -0.106. The zero-order valence-corrected chi connectivity index (χ0v) is 7.17. The first-order chi connectivity index (χ1) is 5.08. The Balaban J connectivity index is 3.95. The van der Waals surface area contributed by atoms with Gasteiger partial charge in [-0.1, -0.05) is 6.08 Å². The summed E-state index contributed by atoms with van der Waals surface area (Å²) in [4.78, 5) is 0. The van der Waals surface area contributed by atoms with E-state index in [4.69, 9.17) is 10.2 Å². The first kappa shape index (κ1) is 10.6. The Kier molecular flexibility index (Phi) is 4.33. The highest BCUT2D eigenvalue weighted by atomic mass is 16.3. The fourth-order valence-corrected chi connectivity index (χ4v) is 0.750. The van der Waals surface area contributed by atoms with Crippen molar-refractivity contribution < 1.29 is 10.2 Å². The number of aliphatic hydroxyl groups excluding tert-OH is 2. The fourth-order valence-electron chi connectivity index (χ4n) is 0.750. The van der Waals surface area contributed by atoms with Crippen LogP contribution in [0.4, 0.5) is 0 Å². The summed E-state index contributed by atoms with van der Waals surface area (Å²) in [6, 6.07) is 0.0966. The van der Waals surface area contributed by atoms with E-state index in [1.54, 1.807) is 13.0 Å². The minimum absolute atomic E-state index is 0.0817. The van der Waals surface area contributed by atoms with Crippen LogP contribution in [0.5, 0.6) is 0 Å². The van der Waals surface area contributed by atoms with Gasteiger partial charge >= 0.3 is 0 Å². The molecule has 0 saturated heterocycles. The molecule has 0 aromatic carbocycles. The van der Waals surface area contributed by atoms with Crippen LogP contribution >= 0.6 is 0 Å². The lowest BCUT2D eigenvalue weighted by Gasteiger charge is -2.28. The van der Waals surface area contributed by atoms with Crippen LogP contribution in [0.3, 0.4) is 0 Å². The summed E-state index contributed by atoms with van der Waals surface area (Å²) in [5, 5.41) is 20.8. The highest BCUT2D eigenvalue weighted by Gasteiger charge is 2.22. The molecule has 0 aliphatic rings. The van der Waals surface area contributed by atoms with Crippen molar-refractivity contribution >= 4 is 0 Å². The zero-order valence-electron chi connectivity index (χ0n) is 7.17. The van der Waals surface area contributed by atoms with Crippen molar-refractivity contribution in [2.75, 3.05) is 13.2 Å². The molecule has 1 unspecified atom stereocenters. The van der Waals surface area contributed by atoms with Crippen LogP contribution in [0, 0.1) is 0 Å². The van der Waals surface area contributed by atoms with Crippen molar-refractivity contribution in [3.8, 4) is 0 Å². The Morgan fingerprint density at radius 1 is 1.55 bits per heavy atom. The first-order valence-electron chi connectivity index (χ1n) is 3.70. The number of aliphatic hydroxyl groups is 2. The molecule has 66 valence electrons. The van der Waals surface area contributed by atoms with Crippen molar-refractivity contribution in [3.63, 3.8) is 0 Å². The fraction of sp³-hybridized carbons (Fsp3) is 0.750. The van der Waals surface area contributed by atoms with E-state index >= 15 is 0 Å². The SMILES string of the molecule is C=CC(C)NC(C)(CO)CO. The van der Waals surface area contributed by atoms with E-state index in [0.29, 0.717) is 0 Å². The molecule has 3 N–H and O–H groups in total. The number of rotatable bonds is 5. The first-order valence-corrected chi connectivity index (χ1v) is 3.70.